The van der Waals surface area contributed by atoms with Crippen LogP contribution in [0.25, 0.3) is 11.3 Å². The van der Waals surface area contributed by atoms with Gasteiger partial charge in [0.25, 0.3) is 0 Å². The molecule has 0 amide bonds. The van der Waals surface area contributed by atoms with Crippen LogP contribution in [-0.2, 0) is 4.79 Å². The Morgan fingerprint density at radius 3 is 2.66 bits per heavy atom. The van der Waals surface area contributed by atoms with Crippen LogP contribution in [0.3, 0.4) is 0 Å². The third kappa shape index (κ3) is 7.63. The summed E-state index contributed by atoms with van der Waals surface area (Å²) in [5, 5.41) is 0. The summed E-state index contributed by atoms with van der Waals surface area (Å²) >= 11 is 0. The van der Waals surface area contributed by atoms with Crippen LogP contribution >= 0.6 is 0 Å². The first-order valence-electron chi connectivity index (χ1n) is 13.6. The second kappa shape index (κ2) is 13.7. The van der Waals surface area contributed by atoms with Crippen LogP contribution in [-0.4, -0.2) is 34.5 Å². The van der Waals surface area contributed by atoms with Crippen molar-refractivity contribution in [3.05, 3.63) is 107 Å². The van der Waals surface area contributed by atoms with E-state index in [0.717, 1.165) is 66.9 Å². The summed E-state index contributed by atoms with van der Waals surface area (Å²) < 4.78 is 0. The lowest BCUT2D eigenvalue weighted by atomic mass is 10.0. The first-order valence-corrected chi connectivity index (χ1v) is 13.6. The molecule has 1 aromatic heterocycles. The van der Waals surface area contributed by atoms with E-state index in [1.54, 1.807) is 12.3 Å². The minimum absolute atomic E-state index is 0.109. The van der Waals surface area contributed by atoms with Crippen molar-refractivity contribution in [2.45, 2.75) is 66.7 Å². The topological polar surface area (TPSA) is 45.6 Å². The molecule has 0 radical (unpaired) electrons. The molecule has 0 N–H and O–H groups in total. The van der Waals surface area contributed by atoms with E-state index < -0.39 is 0 Å². The molecule has 1 saturated heterocycles. The van der Waals surface area contributed by atoms with Gasteiger partial charge in [-0.3, -0.25) is 14.8 Å². The fraction of sp³-hybridized carbons (Fsp3) is 0.353. The molecule has 1 aromatic rings. The summed E-state index contributed by atoms with van der Waals surface area (Å²) in [6.07, 6.45) is 16.1. The molecule has 0 atom stereocenters. The first-order chi connectivity index (χ1) is 18.2. The Morgan fingerprint density at radius 2 is 1.95 bits per heavy atom. The average molecular weight is 508 g/mol. The number of ketones is 1. The fourth-order valence-electron chi connectivity index (χ4n) is 4.52. The van der Waals surface area contributed by atoms with Gasteiger partial charge >= 0.3 is 0 Å². The van der Waals surface area contributed by atoms with E-state index >= 15 is 0 Å². The number of carbonyl (C=O) groups excluding carboxylic acids is 1. The maximum atomic E-state index is 12.8. The molecule has 2 aliphatic rings. The largest absolute Gasteiger partial charge is 0.371 e. The monoisotopic (exact) mass is 507 g/mol. The maximum absolute atomic E-state index is 12.8. The predicted molar refractivity (Wildman–Crippen MR) is 162 cm³/mol. The SMILES string of the molecule is C=C1CCCN(C(/C=C\C2=NC(c3cc(C(=C=C(C)/C(C)=C\C)CC)ccn3)=CC(=O)C(=C)C2)=C/C)CC1. The lowest BCUT2D eigenvalue weighted by molar-refractivity contribution is -0.111. The number of hydrogen-bond acceptors (Lipinski definition) is 4. The molecule has 38 heavy (non-hydrogen) atoms. The van der Waals surface area contributed by atoms with Crippen LogP contribution in [0.2, 0.25) is 0 Å². The highest BCUT2D eigenvalue weighted by Crippen LogP contribution is 2.26. The highest BCUT2D eigenvalue weighted by molar-refractivity contribution is 6.15. The van der Waals surface area contributed by atoms with E-state index in [1.807, 2.05) is 25.1 Å². The second-order valence-electron chi connectivity index (χ2n) is 9.90. The summed E-state index contributed by atoms with van der Waals surface area (Å²) in [5.74, 6) is -0.109. The van der Waals surface area contributed by atoms with Gasteiger partial charge in [-0.05, 0) is 99.9 Å². The zero-order valence-electron chi connectivity index (χ0n) is 23.7. The van der Waals surface area contributed by atoms with Gasteiger partial charge in [-0.25, -0.2) is 0 Å². The smallest absolute Gasteiger partial charge is 0.183 e. The van der Waals surface area contributed by atoms with Crippen LogP contribution in [0.1, 0.15) is 78.0 Å². The van der Waals surface area contributed by atoms with Crippen molar-refractivity contribution in [1.82, 2.24) is 9.88 Å². The number of aromatic nitrogens is 1. The van der Waals surface area contributed by atoms with Crippen LogP contribution < -0.4 is 0 Å². The van der Waals surface area contributed by atoms with Crippen molar-refractivity contribution in [2.75, 3.05) is 13.1 Å². The number of nitrogens with zero attached hydrogens (tertiary/aromatic N) is 3. The fourth-order valence-corrected chi connectivity index (χ4v) is 4.52. The van der Waals surface area contributed by atoms with Gasteiger partial charge in [-0.2, -0.15) is 0 Å². The summed E-state index contributed by atoms with van der Waals surface area (Å²) in [5.41, 5.74) is 13.0. The van der Waals surface area contributed by atoms with Crippen molar-refractivity contribution in [3.63, 3.8) is 0 Å². The maximum Gasteiger partial charge on any atom is 0.183 e. The molecule has 198 valence electrons. The number of hydrogen-bond donors (Lipinski definition) is 0. The van der Waals surface area contributed by atoms with Crippen molar-refractivity contribution in [2.24, 2.45) is 4.99 Å². The Labute approximate surface area is 229 Å². The molecular formula is C34H41N3O. The summed E-state index contributed by atoms with van der Waals surface area (Å²) in [7, 11) is 0. The molecule has 0 unspecified atom stereocenters. The average Bonchev–Trinajstić information content (AvgIpc) is 3.22. The molecule has 0 spiro atoms. The van der Waals surface area contributed by atoms with Gasteiger partial charge in [0.05, 0.1) is 11.4 Å². The normalized spacial score (nSPS) is 17.6. The molecule has 0 bridgehead atoms. The van der Waals surface area contributed by atoms with Crippen molar-refractivity contribution in [3.8, 4) is 0 Å². The van der Waals surface area contributed by atoms with Gasteiger partial charge < -0.3 is 4.90 Å². The standard InChI is InChI=1S/C34H41N3O/c1-8-25(5)26(6)20-28(9-2)29-15-17-35-32(22-29)33-23-34(38)27(7)21-30(36-33)13-14-31(10-3)37-18-11-12-24(4)16-19-37/h8,10,13-15,17,22-23H,4,7,9,11-12,16,18-19,21H2,1-3,5-6H3/b14-13-,25-8-,31-10+. The van der Waals surface area contributed by atoms with Gasteiger partial charge in [-0.15, -0.1) is 5.73 Å². The Kier molecular flexibility index (Phi) is 10.4. The predicted octanol–water partition coefficient (Wildman–Crippen LogP) is 8.20. The molecule has 2 aliphatic heterocycles. The Balaban J connectivity index is 1.96. The third-order valence-corrected chi connectivity index (χ3v) is 7.16. The molecular weight excluding hydrogens is 466 g/mol. The lowest BCUT2D eigenvalue weighted by Crippen LogP contribution is -2.23. The highest BCUT2D eigenvalue weighted by Gasteiger charge is 2.17. The van der Waals surface area contributed by atoms with Gasteiger partial charge in [0, 0.05) is 48.8 Å². The van der Waals surface area contributed by atoms with Crippen LogP contribution in [0, 0.1) is 0 Å². The minimum Gasteiger partial charge on any atom is -0.371 e. The third-order valence-electron chi connectivity index (χ3n) is 7.16. The molecule has 3 heterocycles. The zero-order chi connectivity index (χ0) is 27.7. The molecule has 0 saturated carbocycles. The van der Waals surface area contributed by atoms with Gasteiger partial charge in [-0.1, -0.05) is 37.8 Å². The summed E-state index contributed by atoms with van der Waals surface area (Å²) in [6.45, 7) is 20.6. The highest BCUT2D eigenvalue weighted by atomic mass is 16.1. The van der Waals surface area contributed by atoms with E-state index in [9.17, 15) is 4.79 Å². The van der Waals surface area contributed by atoms with E-state index in [0.29, 0.717) is 23.4 Å². The second-order valence-corrected chi connectivity index (χ2v) is 9.90. The lowest BCUT2D eigenvalue weighted by Gasteiger charge is -2.23. The molecule has 3 rings (SSSR count). The van der Waals surface area contributed by atoms with Crippen LogP contribution in [0.15, 0.2) is 101 Å². The number of carbonyl (C=O) groups is 1. The van der Waals surface area contributed by atoms with Crippen LogP contribution in [0.4, 0.5) is 0 Å². The Hall–Kier alpha value is -3.75. The molecule has 0 aliphatic carbocycles. The zero-order valence-corrected chi connectivity index (χ0v) is 23.7. The Bertz CT molecular complexity index is 1320. The number of rotatable bonds is 7. The molecule has 0 aromatic carbocycles. The molecule has 4 heteroatoms. The van der Waals surface area contributed by atoms with Gasteiger partial charge in [0.15, 0.2) is 5.78 Å². The van der Waals surface area contributed by atoms with Gasteiger partial charge in [0.1, 0.15) is 0 Å². The van der Waals surface area contributed by atoms with Crippen LogP contribution in [0.5, 0.6) is 0 Å². The minimum atomic E-state index is -0.109. The molecule has 4 nitrogen and oxygen atoms in total. The summed E-state index contributed by atoms with van der Waals surface area (Å²) in [4.78, 5) is 24.7. The number of allylic oxidation sites excluding steroid dienone is 8. The molecule has 1 fully saturated rings. The van der Waals surface area contributed by atoms with E-state index in [1.165, 1.54) is 11.1 Å². The number of pyridine rings is 1. The van der Waals surface area contributed by atoms with E-state index in [2.05, 4.69) is 74.7 Å². The number of aliphatic imine (C=N–C) groups is 1. The number of likely N-dealkylation sites (tertiary alicyclic amines) is 1. The van der Waals surface area contributed by atoms with E-state index in [4.69, 9.17) is 4.99 Å². The van der Waals surface area contributed by atoms with Gasteiger partial charge in [0.2, 0.25) is 0 Å². The summed E-state index contributed by atoms with van der Waals surface area (Å²) in [6, 6.07) is 3.99. The first kappa shape index (κ1) is 28.8. The Morgan fingerprint density at radius 1 is 1.16 bits per heavy atom. The quantitative estimate of drug-likeness (QED) is 0.162. The van der Waals surface area contributed by atoms with Crippen molar-refractivity contribution in [1.29, 1.82) is 0 Å². The van der Waals surface area contributed by atoms with Crippen molar-refractivity contribution < 1.29 is 4.79 Å². The van der Waals surface area contributed by atoms with E-state index in [-0.39, 0.29) is 5.78 Å². The van der Waals surface area contributed by atoms with Crippen molar-refractivity contribution >= 4 is 22.8 Å².